The Balaban J connectivity index is 1.64. The van der Waals surface area contributed by atoms with Crippen molar-refractivity contribution in [3.8, 4) is 0 Å². The van der Waals surface area contributed by atoms with E-state index in [1.165, 1.54) is 30.7 Å². The first-order valence-corrected chi connectivity index (χ1v) is 7.88. The highest BCUT2D eigenvalue weighted by Gasteiger charge is 2.15. The van der Waals surface area contributed by atoms with E-state index in [1.807, 2.05) is 0 Å². The zero-order chi connectivity index (χ0) is 13.2. The molecule has 0 spiro atoms. The fraction of sp³-hybridized carbons (Fsp3) is 0.643. The summed E-state index contributed by atoms with van der Waals surface area (Å²) in [5.74, 6) is 0. The molecule has 0 aromatic carbocycles. The van der Waals surface area contributed by atoms with E-state index in [1.54, 1.807) is 11.3 Å². The molecule has 19 heavy (non-hydrogen) atoms. The Bertz CT molecular complexity index is 554. The lowest BCUT2D eigenvalue weighted by Gasteiger charge is -2.22. The molecule has 2 aromatic rings. The summed E-state index contributed by atoms with van der Waals surface area (Å²) in [5.41, 5.74) is 3.68. The number of hydrogen-bond donors (Lipinski definition) is 1. The van der Waals surface area contributed by atoms with Crippen LogP contribution in [0.4, 0.5) is 0 Å². The minimum atomic E-state index is 0.390. The van der Waals surface area contributed by atoms with Gasteiger partial charge in [-0.25, -0.2) is 4.98 Å². The van der Waals surface area contributed by atoms with Gasteiger partial charge in [0.2, 0.25) is 0 Å². The maximum absolute atomic E-state index is 5.74. The molecule has 0 bridgehead atoms. The summed E-state index contributed by atoms with van der Waals surface area (Å²) in [5, 5.41) is 5.69. The van der Waals surface area contributed by atoms with Crippen molar-refractivity contribution in [2.45, 2.75) is 45.8 Å². The number of rotatable bonds is 4. The van der Waals surface area contributed by atoms with Gasteiger partial charge in [-0.2, -0.15) is 0 Å². The molecule has 0 aliphatic carbocycles. The van der Waals surface area contributed by atoms with Crippen LogP contribution < -0.4 is 5.32 Å². The predicted octanol–water partition coefficient (Wildman–Crippen LogP) is 2.67. The minimum absolute atomic E-state index is 0.390. The number of hydrogen-bond acceptors (Lipinski definition) is 4. The molecule has 1 fully saturated rings. The van der Waals surface area contributed by atoms with Crippen LogP contribution in [0.25, 0.3) is 4.96 Å². The first kappa shape index (κ1) is 13.1. The lowest BCUT2D eigenvalue weighted by Crippen LogP contribution is -2.31. The van der Waals surface area contributed by atoms with Crippen LogP contribution in [-0.2, 0) is 11.3 Å². The van der Waals surface area contributed by atoms with E-state index in [2.05, 4.69) is 33.9 Å². The third-order valence-corrected chi connectivity index (χ3v) is 4.71. The van der Waals surface area contributed by atoms with E-state index in [0.717, 1.165) is 30.4 Å². The minimum Gasteiger partial charge on any atom is -0.377 e. The van der Waals surface area contributed by atoms with E-state index in [-0.39, 0.29) is 0 Å². The summed E-state index contributed by atoms with van der Waals surface area (Å²) in [6.45, 7) is 6.96. The molecule has 104 valence electrons. The van der Waals surface area contributed by atoms with Gasteiger partial charge in [0.1, 0.15) is 0 Å². The number of fused-ring (bicyclic) bond motifs is 1. The number of nitrogens with zero attached hydrogens (tertiary/aromatic N) is 2. The number of thiazole rings is 1. The van der Waals surface area contributed by atoms with Gasteiger partial charge in [-0.05, 0) is 33.1 Å². The zero-order valence-corrected chi connectivity index (χ0v) is 12.4. The monoisotopic (exact) mass is 279 g/mol. The third kappa shape index (κ3) is 2.68. The van der Waals surface area contributed by atoms with Crippen LogP contribution in [0.15, 0.2) is 5.38 Å². The second-order valence-electron chi connectivity index (χ2n) is 5.26. The van der Waals surface area contributed by atoms with Crippen LogP contribution in [0.2, 0.25) is 0 Å². The Morgan fingerprint density at radius 2 is 2.37 bits per heavy atom. The van der Waals surface area contributed by atoms with Crippen LogP contribution in [0, 0.1) is 13.8 Å². The summed E-state index contributed by atoms with van der Waals surface area (Å²) >= 11 is 1.71. The molecule has 1 aliphatic heterocycles. The molecule has 0 radical (unpaired) electrons. The summed E-state index contributed by atoms with van der Waals surface area (Å²) in [6, 6.07) is 0. The van der Waals surface area contributed by atoms with Crippen molar-refractivity contribution in [1.82, 2.24) is 14.7 Å². The van der Waals surface area contributed by atoms with Crippen molar-refractivity contribution in [3.05, 3.63) is 22.5 Å². The molecule has 3 rings (SSSR count). The van der Waals surface area contributed by atoms with Crippen molar-refractivity contribution < 1.29 is 4.74 Å². The van der Waals surface area contributed by atoms with Crippen LogP contribution in [-0.4, -0.2) is 28.6 Å². The molecule has 2 aromatic heterocycles. The number of ether oxygens (including phenoxy) is 1. The highest BCUT2D eigenvalue weighted by atomic mass is 32.1. The topological polar surface area (TPSA) is 38.6 Å². The van der Waals surface area contributed by atoms with Gasteiger partial charge < -0.3 is 10.1 Å². The summed E-state index contributed by atoms with van der Waals surface area (Å²) in [7, 11) is 0. The van der Waals surface area contributed by atoms with Gasteiger partial charge in [0.05, 0.1) is 17.5 Å². The second kappa shape index (κ2) is 5.61. The second-order valence-corrected chi connectivity index (χ2v) is 6.10. The standard InChI is InChI=1S/C14H21N3OS/c1-10-9-19-14-16-11(2)13(17(10)14)8-15-7-12-5-3-4-6-18-12/h9,12,15H,3-8H2,1-2H3. The van der Waals surface area contributed by atoms with Crippen molar-refractivity contribution in [1.29, 1.82) is 0 Å². The van der Waals surface area contributed by atoms with Gasteiger partial charge in [0, 0.05) is 30.8 Å². The Morgan fingerprint density at radius 1 is 1.47 bits per heavy atom. The Hall–Kier alpha value is -0.910. The molecular formula is C14H21N3OS. The number of aryl methyl sites for hydroxylation is 2. The van der Waals surface area contributed by atoms with Crippen molar-refractivity contribution in [3.63, 3.8) is 0 Å². The van der Waals surface area contributed by atoms with E-state index < -0.39 is 0 Å². The summed E-state index contributed by atoms with van der Waals surface area (Å²) < 4.78 is 8.00. The highest BCUT2D eigenvalue weighted by molar-refractivity contribution is 7.15. The maximum atomic E-state index is 5.74. The average Bonchev–Trinajstić information content (AvgIpc) is 2.92. The lowest BCUT2D eigenvalue weighted by molar-refractivity contribution is 0.0167. The van der Waals surface area contributed by atoms with Crippen LogP contribution in [0.3, 0.4) is 0 Å². The molecule has 1 atom stereocenters. The van der Waals surface area contributed by atoms with Crippen LogP contribution in [0.5, 0.6) is 0 Å². The largest absolute Gasteiger partial charge is 0.377 e. The molecule has 1 aliphatic rings. The normalized spacial score (nSPS) is 20.2. The fourth-order valence-corrected chi connectivity index (χ4v) is 3.63. The van der Waals surface area contributed by atoms with E-state index in [4.69, 9.17) is 4.74 Å². The molecule has 1 N–H and O–H groups in total. The first-order valence-electron chi connectivity index (χ1n) is 7.00. The van der Waals surface area contributed by atoms with Gasteiger partial charge in [-0.3, -0.25) is 4.40 Å². The van der Waals surface area contributed by atoms with Gasteiger partial charge in [-0.15, -0.1) is 11.3 Å². The smallest absolute Gasteiger partial charge is 0.194 e. The molecule has 3 heterocycles. The lowest BCUT2D eigenvalue weighted by atomic mass is 10.1. The molecule has 0 amide bonds. The molecule has 5 heteroatoms. The predicted molar refractivity (Wildman–Crippen MR) is 77.8 cm³/mol. The molecule has 4 nitrogen and oxygen atoms in total. The van der Waals surface area contributed by atoms with E-state index in [0.29, 0.717) is 6.10 Å². The zero-order valence-electron chi connectivity index (χ0n) is 11.6. The highest BCUT2D eigenvalue weighted by Crippen LogP contribution is 2.20. The molecule has 1 saturated heterocycles. The fourth-order valence-electron chi connectivity index (χ4n) is 2.70. The summed E-state index contributed by atoms with van der Waals surface area (Å²) in [6.07, 6.45) is 4.09. The van der Waals surface area contributed by atoms with E-state index >= 15 is 0 Å². The van der Waals surface area contributed by atoms with Gasteiger partial charge in [-0.1, -0.05) is 0 Å². The third-order valence-electron chi connectivity index (χ3n) is 3.77. The van der Waals surface area contributed by atoms with Gasteiger partial charge in [0.15, 0.2) is 4.96 Å². The molecular weight excluding hydrogens is 258 g/mol. The Morgan fingerprint density at radius 3 is 3.16 bits per heavy atom. The van der Waals surface area contributed by atoms with Gasteiger partial charge >= 0.3 is 0 Å². The molecule has 0 saturated carbocycles. The average molecular weight is 279 g/mol. The first-order chi connectivity index (χ1) is 9.25. The van der Waals surface area contributed by atoms with Crippen molar-refractivity contribution in [2.24, 2.45) is 0 Å². The molecule has 1 unspecified atom stereocenters. The van der Waals surface area contributed by atoms with E-state index in [9.17, 15) is 0 Å². The van der Waals surface area contributed by atoms with Crippen LogP contribution >= 0.6 is 11.3 Å². The number of nitrogens with one attached hydrogen (secondary N) is 1. The Labute approximate surface area is 117 Å². The van der Waals surface area contributed by atoms with Crippen LogP contribution in [0.1, 0.15) is 36.3 Å². The number of aromatic nitrogens is 2. The van der Waals surface area contributed by atoms with Crippen molar-refractivity contribution in [2.75, 3.05) is 13.2 Å². The van der Waals surface area contributed by atoms with Crippen molar-refractivity contribution >= 4 is 16.3 Å². The van der Waals surface area contributed by atoms with Gasteiger partial charge in [0.25, 0.3) is 0 Å². The SMILES string of the molecule is Cc1nc2scc(C)n2c1CNCC1CCCCO1. The quantitative estimate of drug-likeness (QED) is 0.935. The maximum Gasteiger partial charge on any atom is 0.194 e. The number of imidazole rings is 1. The summed E-state index contributed by atoms with van der Waals surface area (Å²) in [4.78, 5) is 5.71. The Kier molecular flexibility index (Phi) is 3.86.